The van der Waals surface area contributed by atoms with Crippen molar-refractivity contribution < 1.29 is 9.59 Å². The monoisotopic (exact) mass is 283 g/mol. The third kappa shape index (κ3) is 2.86. The molecule has 0 radical (unpaired) electrons. The van der Waals surface area contributed by atoms with Gasteiger partial charge in [-0.05, 0) is 38.0 Å². The second-order valence-electron chi connectivity index (χ2n) is 5.23. The van der Waals surface area contributed by atoms with Gasteiger partial charge < -0.3 is 5.32 Å². The first kappa shape index (κ1) is 13.5. The minimum atomic E-state index is 0.0984. The van der Waals surface area contributed by atoms with Gasteiger partial charge in [0, 0.05) is 23.7 Å². The summed E-state index contributed by atoms with van der Waals surface area (Å²) in [5, 5.41) is 7.30. The Labute approximate surface area is 123 Å². The maximum atomic E-state index is 11.7. The molecule has 1 fully saturated rings. The number of nitrogens with one attached hydrogen (secondary N) is 1. The highest BCUT2D eigenvalue weighted by Gasteiger charge is 2.29. The molecule has 1 amide bonds. The highest BCUT2D eigenvalue weighted by molar-refractivity contribution is 5.94. The molecule has 108 valence electrons. The van der Waals surface area contributed by atoms with E-state index >= 15 is 0 Å². The maximum absolute atomic E-state index is 11.7. The predicted octanol–water partition coefficient (Wildman–Crippen LogP) is 2.73. The number of rotatable bonds is 5. The molecule has 0 saturated heterocycles. The molecule has 5 heteroatoms. The third-order valence-corrected chi connectivity index (χ3v) is 3.63. The molecule has 0 bridgehead atoms. The van der Waals surface area contributed by atoms with Crippen LogP contribution in [-0.4, -0.2) is 22.0 Å². The Balaban J connectivity index is 1.78. The summed E-state index contributed by atoms with van der Waals surface area (Å²) >= 11 is 0. The number of amides is 1. The van der Waals surface area contributed by atoms with E-state index in [1.54, 1.807) is 10.7 Å². The number of nitrogens with zero attached hydrogens (tertiary/aromatic N) is 2. The summed E-state index contributed by atoms with van der Waals surface area (Å²) in [5.41, 5.74) is 3.05. The van der Waals surface area contributed by atoms with Crippen LogP contribution in [0.4, 0.5) is 5.69 Å². The first-order chi connectivity index (χ1) is 10.2. The zero-order chi connectivity index (χ0) is 14.8. The van der Waals surface area contributed by atoms with Crippen molar-refractivity contribution in [3.63, 3.8) is 0 Å². The zero-order valence-electron chi connectivity index (χ0n) is 11.9. The molecule has 1 saturated carbocycles. The van der Waals surface area contributed by atoms with E-state index in [1.807, 2.05) is 31.2 Å². The Kier molecular flexibility index (Phi) is 3.56. The van der Waals surface area contributed by atoms with Gasteiger partial charge in [-0.3, -0.25) is 14.3 Å². The molecule has 1 aromatic carbocycles. The molecule has 1 aliphatic rings. The summed E-state index contributed by atoms with van der Waals surface area (Å²) in [4.78, 5) is 22.7. The van der Waals surface area contributed by atoms with Gasteiger partial charge in [-0.1, -0.05) is 12.1 Å². The van der Waals surface area contributed by atoms with Crippen LogP contribution in [0.5, 0.6) is 0 Å². The lowest BCUT2D eigenvalue weighted by atomic mass is 10.1. The normalized spacial score (nSPS) is 14.0. The van der Waals surface area contributed by atoms with Crippen LogP contribution < -0.4 is 5.32 Å². The Morgan fingerprint density at radius 3 is 2.62 bits per heavy atom. The fourth-order valence-corrected chi connectivity index (χ4v) is 2.23. The van der Waals surface area contributed by atoms with E-state index in [9.17, 15) is 9.59 Å². The summed E-state index contributed by atoms with van der Waals surface area (Å²) in [6.07, 6.45) is 2.80. The highest BCUT2D eigenvalue weighted by Crippen LogP contribution is 2.30. The average molecular weight is 283 g/mol. The van der Waals surface area contributed by atoms with E-state index in [1.165, 1.54) is 0 Å². The molecular weight excluding hydrogens is 266 g/mol. The van der Waals surface area contributed by atoms with Gasteiger partial charge in [0.05, 0.1) is 5.69 Å². The standard InChI is InChI=1S/C16H17N3O2/c1-2-19-14(10-20)9-15(18-19)11-5-7-13(8-6-11)17-16(21)12-3-4-12/h5-10,12H,2-4H2,1H3,(H,17,21). The van der Waals surface area contributed by atoms with Crippen LogP contribution in [-0.2, 0) is 11.3 Å². The van der Waals surface area contributed by atoms with Gasteiger partial charge in [0.2, 0.25) is 5.91 Å². The van der Waals surface area contributed by atoms with Gasteiger partial charge in [0.15, 0.2) is 6.29 Å². The number of benzene rings is 1. The van der Waals surface area contributed by atoms with Crippen molar-refractivity contribution in [3.05, 3.63) is 36.0 Å². The number of carbonyl (C=O) groups is 2. The fourth-order valence-electron chi connectivity index (χ4n) is 2.23. The van der Waals surface area contributed by atoms with Crippen molar-refractivity contribution in [3.8, 4) is 11.3 Å². The molecule has 3 rings (SSSR count). The van der Waals surface area contributed by atoms with Crippen molar-refractivity contribution in [1.82, 2.24) is 9.78 Å². The maximum Gasteiger partial charge on any atom is 0.227 e. The van der Waals surface area contributed by atoms with Crippen molar-refractivity contribution in [2.45, 2.75) is 26.3 Å². The van der Waals surface area contributed by atoms with Crippen LogP contribution in [0, 0.1) is 5.92 Å². The molecule has 0 atom stereocenters. The van der Waals surface area contributed by atoms with Crippen molar-refractivity contribution in [1.29, 1.82) is 0 Å². The van der Waals surface area contributed by atoms with Gasteiger partial charge in [0.25, 0.3) is 0 Å². The van der Waals surface area contributed by atoms with E-state index in [-0.39, 0.29) is 11.8 Å². The molecule has 0 aliphatic heterocycles. The van der Waals surface area contributed by atoms with Crippen molar-refractivity contribution >= 4 is 17.9 Å². The summed E-state index contributed by atoms with van der Waals surface area (Å²) in [6.45, 7) is 2.60. The minimum Gasteiger partial charge on any atom is -0.326 e. The van der Waals surface area contributed by atoms with Gasteiger partial charge in [-0.15, -0.1) is 0 Å². The molecule has 5 nitrogen and oxygen atoms in total. The molecule has 21 heavy (non-hydrogen) atoms. The SMILES string of the molecule is CCn1nc(-c2ccc(NC(=O)C3CC3)cc2)cc1C=O. The Morgan fingerprint density at radius 1 is 1.38 bits per heavy atom. The molecular formula is C16H17N3O2. The minimum absolute atomic E-state index is 0.0984. The van der Waals surface area contributed by atoms with Gasteiger partial charge in [-0.25, -0.2) is 0 Å². The Bertz CT molecular complexity index is 669. The van der Waals surface area contributed by atoms with E-state index in [0.29, 0.717) is 12.2 Å². The molecule has 1 N–H and O–H groups in total. The number of aryl methyl sites for hydroxylation is 1. The van der Waals surface area contributed by atoms with Crippen LogP contribution in [0.3, 0.4) is 0 Å². The van der Waals surface area contributed by atoms with Gasteiger partial charge >= 0.3 is 0 Å². The second-order valence-corrected chi connectivity index (χ2v) is 5.23. The van der Waals surface area contributed by atoms with Crippen LogP contribution in [0.2, 0.25) is 0 Å². The molecule has 1 aliphatic carbocycles. The number of hydrogen-bond donors (Lipinski definition) is 1. The van der Waals surface area contributed by atoms with E-state index < -0.39 is 0 Å². The number of carbonyl (C=O) groups excluding carboxylic acids is 2. The van der Waals surface area contributed by atoms with E-state index in [0.717, 1.165) is 36.1 Å². The Morgan fingerprint density at radius 2 is 2.10 bits per heavy atom. The fraction of sp³-hybridized carbons (Fsp3) is 0.312. The summed E-state index contributed by atoms with van der Waals surface area (Å²) < 4.78 is 1.67. The lowest BCUT2D eigenvalue weighted by Crippen LogP contribution is -2.12. The summed E-state index contributed by atoms with van der Waals surface area (Å²) in [7, 11) is 0. The van der Waals surface area contributed by atoms with Crippen molar-refractivity contribution in [2.24, 2.45) is 5.92 Å². The second kappa shape index (κ2) is 5.52. The van der Waals surface area contributed by atoms with Crippen molar-refractivity contribution in [2.75, 3.05) is 5.32 Å². The molecule has 2 aromatic rings. The predicted molar refractivity (Wildman–Crippen MR) is 80.1 cm³/mol. The molecule has 1 aromatic heterocycles. The average Bonchev–Trinajstić information content (AvgIpc) is 3.27. The van der Waals surface area contributed by atoms with Crippen LogP contribution in [0.25, 0.3) is 11.3 Å². The highest BCUT2D eigenvalue weighted by atomic mass is 16.2. The van der Waals surface area contributed by atoms with Crippen LogP contribution >= 0.6 is 0 Å². The number of hydrogen-bond acceptors (Lipinski definition) is 3. The smallest absolute Gasteiger partial charge is 0.227 e. The first-order valence-corrected chi connectivity index (χ1v) is 7.15. The lowest BCUT2D eigenvalue weighted by molar-refractivity contribution is -0.117. The summed E-state index contributed by atoms with van der Waals surface area (Å²) in [5.74, 6) is 0.293. The molecule has 0 unspecified atom stereocenters. The first-order valence-electron chi connectivity index (χ1n) is 7.15. The number of anilines is 1. The van der Waals surface area contributed by atoms with Crippen LogP contribution in [0.1, 0.15) is 30.3 Å². The largest absolute Gasteiger partial charge is 0.326 e. The molecule has 0 spiro atoms. The number of aromatic nitrogens is 2. The zero-order valence-corrected chi connectivity index (χ0v) is 11.9. The van der Waals surface area contributed by atoms with Gasteiger partial charge in [-0.2, -0.15) is 5.10 Å². The topological polar surface area (TPSA) is 64.0 Å². The van der Waals surface area contributed by atoms with Gasteiger partial charge in [0.1, 0.15) is 5.69 Å². The van der Waals surface area contributed by atoms with Crippen LogP contribution in [0.15, 0.2) is 30.3 Å². The third-order valence-electron chi connectivity index (χ3n) is 3.63. The summed E-state index contributed by atoms with van der Waals surface area (Å²) in [6, 6.07) is 9.30. The number of aldehydes is 1. The quantitative estimate of drug-likeness (QED) is 0.858. The van der Waals surface area contributed by atoms with E-state index in [4.69, 9.17) is 0 Å². The van der Waals surface area contributed by atoms with E-state index in [2.05, 4.69) is 10.4 Å². The molecule has 1 heterocycles. The Hall–Kier alpha value is -2.43. The lowest BCUT2D eigenvalue weighted by Gasteiger charge is -2.04.